The lowest BCUT2D eigenvalue weighted by Crippen LogP contribution is -2.47. The molecule has 1 aromatic heterocycles. The van der Waals surface area contributed by atoms with Crippen molar-refractivity contribution >= 4 is 23.2 Å². The molecule has 0 radical (unpaired) electrons. The van der Waals surface area contributed by atoms with Gasteiger partial charge in [-0.05, 0) is 37.9 Å². The number of carbonyl (C=O) groups is 2. The van der Waals surface area contributed by atoms with E-state index in [0.717, 1.165) is 49.5 Å². The maximum Gasteiger partial charge on any atom is 0.267 e. The molecule has 2 fully saturated rings. The number of rotatable bonds is 5. The number of hydrogen-bond acceptors (Lipinski definition) is 5. The fourth-order valence-electron chi connectivity index (χ4n) is 3.90. The molecule has 0 aliphatic carbocycles. The van der Waals surface area contributed by atoms with Gasteiger partial charge in [-0.2, -0.15) is 0 Å². The summed E-state index contributed by atoms with van der Waals surface area (Å²) in [5.74, 6) is 0.518. The summed E-state index contributed by atoms with van der Waals surface area (Å²) in [7, 11) is 2.07. The quantitative estimate of drug-likeness (QED) is 0.735. The van der Waals surface area contributed by atoms with Crippen LogP contribution in [0.3, 0.4) is 0 Å². The zero-order valence-corrected chi connectivity index (χ0v) is 18.3. The van der Waals surface area contributed by atoms with E-state index >= 15 is 0 Å². The summed E-state index contributed by atoms with van der Waals surface area (Å²) in [5, 5.41) is 0. The lowest BCUT2D eigenvalue weighted by atomic mass is 10.1. The second kappa shape index (κ2) is 9.62. The zero-order chi connectivity index (χ0) is 20.9. The van der Waals surface area contributed by atoms with Crippen molar-refractivity contribution in [2.24, 2.45) is 0 Å². The number of thiophene rings is 1. The molecular weight excluding hydrogens is 398 g/mol. The van der Waals surface area contributed by atoms with Crippen LogP contribution in [0.25, 0.3) is 10.4 Å². The molecule has 0 atom stereocenters. The topological polar surface area (TPSA) is 53.1 Å². The molecule has 0 N–H and O–H groups in total. The number of piperidine rings is 1. The molecule has 3 heterocycles. The van der Waals surface area contributed by atoms with Crippen molar-refractivity contribution in [3.8, 4) is 16.2 Å². The van der Waals surface area contributed by atoms with Gasteiger partial charge in [0.25, 0.3) is 11.8 Å². The van der Waals surface area contributed by atoms with Gasteiger partial charge in [-0.1, -0.05) is 30.3 Å². The van der Waals surface area contributed by atoms with Crippen molar-refractivity contribution in [2.75, 3.05) is 52.9 Å². The van der Waals surface area contributed by atoms with Gasteiger partial charge >= 0.3 is 0 Å². The van der Waals surface area contributed by atoms with E-state index < -0.39 is 0 Å². The van der Waals surface area contributed by atoms with Gasteiger partial charge in [-0.25, -0.2) is 0 Å². The Morgan fingerprint density at radius 3 is 2.33 bits per heavy atom. The molecule has 2 aliphatic heterocycles. The Labute approximate surface area is 182 Å². The van der Waals surface area contributed by atoms with E-state index in [2.05, 4.69) is 11.9 Å². The lowest BCUT2D eigenvalue weighted by Gasteiger charge is -2.32. The van der Waals surface area contributed by atoms with E-state index in [1.807, 2.05) is 46.2 Å². The summed E-state index contributed by atoms with van der Waals surface area (Å²) in [4.78, 5) is 33.4. The second-order valence-corrected chi connectivity index (χ2v) is 9.05. The van der Waals surface area contributed by atoms with E-state index in [1.165, 1.54) is 17.8 Å². The number of carbonyl (C=O) groups excluding carboxylic acids is 2. The van der Waals surface area contributed by atoms with Gasteiger partial charge in [0.2, 0.25) is 0 Å². The van der Waals surface area contributed by atoms with Gasteiger partial charge in [0.1, 0.15) is 10.6 Å². The SMILES string of the molecule is CN1CCN(C(=O)c2sc(-c3ccccc3)cc2OCC(=O)N2CCCCC2)CC1. The minimum Gasteiger partial charge on any atom is -0.482 e. The number of nitrogens with zero attached hydrogens (tertiary/aromatic N) is 3. The summed E-state index contributed by atoms with van der Waals surface area (Å²) in [6.45, 7) is 4.73. The number of benzene rings is 1. The average Bonchev–Trinajstić information content (AvgIpc) is 3.23. The Morgan fingerprint density at radius 2 is 1.63 bits per heavy atom. The number of ether oxygens (including phenoxy) is 1. The average molecular weight is 428 g/mol. The molecule has 7 heteroatoms. The zero-order valence-electron chi connectivity index (χ0n) is 17.5. The molecule has 0 spiro atoms. The summed E-state index contributed by atoms with van der Waals surface area (Å²) in [6, 6.07) is 11.9. The van der Waals surface area contributed by atoms with Crippen LogP contribution in [-0.4, -0.2) is 79.4 Å². The number of piperazine rings is 1. The maximum absolute atomic E-state index is 13.3. The van der Waals surface area contributed by atoms with Crippen molar-refractivity contribution in [1.29, 1.82) is 0 Å². The molecule has 1 aromatic carbocycles. The maximum atomic E-state index is 13.3. The standard InChI is InChI=1S/C23H29N3O3S/c1-24-12-14-26(15-13-24)23(28)22-19(16-20(30-22)18-8-4-2-5-9-18)29-17-21(27)25-10-6-3-7-11-25/h2,4-5,8-9,16H,3,6-7,10-15,17H2,1H3. The number of likely N-dealkylation sites (tertiary alicyclic amines) is 1. The predicted molar refractivity (Wildman–Crippen MR) is 119 cm³/mol. The first-order valence-electron chi connectivity index (χ1n) is 10.7. The van der Waals surface area contributed by atoms with E-state index in [4.69, 9.17) is 4.74 Å². The molecular formula is C23H29N3O3S. The van der Waals surface area contributed by atoms with Gasteiger partial charge < -0.3 is 19.4 Å². The Hall–Kier alpha value is -2.38. The van der Waals surface area contributed by atoms with Gasteiger partial charge in [-0.15, -0.1) is 11.3 Å². The van der Waals surface area contributed by atoms with E-state index in [0.29, 0.717) is 23.7 Å². The van der Waals surface area contributed by atoms with Crippen LogP contribution >= 0.6 is 11.3 Å². The Morgan fingerprint density at radius 1 is 0.933 bits per heavy atom. The van der Waals surface area contributed by atoms with E-state index in [-0.39, 0.29) is 18.4 Å². The normalized spacial score (nSPS) is 17.8. The van der Waals surface area contributed by atoms with Crippen molar-refractivity contribution in [3.63, 3.8) is 0 Å². The van der Waals surface area contributed by atoms with Crippen molar-refractivity contribution < 1.29 is 14.3 Å². The van der Waals surface area contributed by atoms with Gasteiger partial charge in [0.05, 0.1) is 0 Å². The van der Waals surface area contributed by atoms with Gasteiger partial charge in [0.15, 0.2) is 6.61 Å². The van der Waals surface area contributed by atoms with Gasteiger partial charge in [0, 0.05) is 44.1 Å². The van der Waals surface area contributed by atoms with Crippen LogP contribution in [0.15, 0.2) is 36.4 Å². The highest BCUT2D eigenvalue weighted by Crippen LogP contribution is 2.37. The van der Waals surface area contributed by atoms with Gasteiger partial charge in [-0.3, -0.25) is 9.59 Å². The highest BCUT2D eigenvalue weighted by molar-refractivity contribution is 7.17. The molecule has 2 amide bonds. The van der Waals surface area contributed by atoms with Crippen LogP contribution in [0.5, 0.6) is 5.75 Å². The van der Waals surface area contributed by atoms with Crippen LogP contribution in [0.2, 0.25) is 0 Å². The third-order valence-electron chi connectivity index (χ3n) is 5.80. The molecule has 0 bridgehead atoms. The highest BCUT2D eigenvalue weighted by Gasteiger charge is 2.27. The third-order valence-corrected chi connectivity index (χ3v) is 6.95. The Bertz CT molecular complexity index is 869. The summed E-state index contributed by atoms with van der Waals surface area (Å²) >= 11 is 1.45. The fourth-order valence-corrected chi connectivity index (χ4v) is 4.98. The first kappa shape index (κ1) is 20.9. The molecule has 0 unspecified atom stereocenters. The number of amides is 2. The monoisotopic (exact) mass is 427 g/mol. The molecule has 2 aliphatic rings. The Kier molecular flexibility index (Phi) is 6.69. The summed E-state index contributed by atoms with van der Waals surface area (Å²) in [5.41, 5.74) is 1.05. The summed E-state index contributed by atoms with van der Waals surface area (Å²) in [6.07, 6.45) is 3.28. The van der Waals surface area contributed by atoms with Crippen molar-refractivity contribution in [3.05, 3.63) is 41.3 Å². The van der Waals surface area contributed by atoms with Crippen LogP contribution in [0.1, 0.15) is 28.9 Å². The highest BCUT2D eigenvalue weighted by atomic mass is 32.1. The minimum absolute atomic E-state index is 0.000146. The lowest BCUT2D eigenvalue weighted by molar-refractivity contribution is -0.134. The first-order chi connectivity index (χ1) is 14.6. The molecule has 0 saturated carbocycles. The van der Waals surface area contributed by atoms with Crippen molar-refractivity contribution in [1.82, 2.24) is 14.7 Å². The number of likely N-dealkylation sites (N-methyl/N-ethyl adjacent to an activating group) is 1. The molecule has 6 nitrogen and oxygen atoms in total. The molecule has 30 heavy (non-hydrogen) atoms. The van der Waals surface area contributed by atoms with Crippen molar-refractivity contribution in [2.45, 2.75) is 19.3 Å². The van der Waals surface area contributed by atoms with Crippen LogP contribution in [-0.2, 0) is 4.79 Å². The number of hydrogen-bond donors (Lipinski definition) is 0. The summed E-state index contributed by atoms with van der Waals surface area (Å²) < 4.78 is 5.95. The minimum atomic E-state index is -0.0199. The molecule has 4 rings (SSSR count). The largest absolute Gasteiger partial charge is 0.482 e. The second-order valence-electron chi connectivity index (χ2n) is 8.00. The fraction of sp³-hybridized carbons (Fsp3) is 0.478. The third kappa shape index (κ3) is 4.84. The van der Waals surface area contributed by atoms with Crippen LogP contribution in [0.4, 0.5) is 0 Å². The molecule has 160 valence electrons. The Balaban J connectivity index is 1.53. The van der Waals surface area contributed by atoms with Crippen LogP contribution in [0, 0.1) is 0 Å². The molecule has 2 aromatic rings. The van der Waals surface area contributed by atoms with E-state index in [1.54, 1.807) is 0 Å². The van der Waals surface area contributed by atoms with E-state index in [9.17, 15) is 9.59 Å². The van der Waals surface area contributed by atoms with Crippen LogP contribution < -0.4 is 4.74 Å². The molecule has 2 saturated heterocycles. The smallest absolute Gasteiger partial charge is 0.267 e. The predicted octanol–water partition coefficient (Wildman–Crippen LogP) is 3.19. The first-order valence-corrected chi connectivity index (χ1v) is 11.5.